The first kappa shape index (κ1) is 14.2. The molecule has 0 spiro atoms. The fraction of sp³-hybridized carbons (Fsp3) is 1.00. The van der Waals surface area contributed by atoms with Crippen LogP contribution < -0.4 is 0 Å². The van der Waals surface area contributed by atoms with Crippen LogP contribution in [0.1, 0.15) is 0 Å². The quantitative estimate of drug-likeness (QED) is 0.409. The summed E-state index contributed by atoms with van der Waals surface area (Å²) in [6.45, 7) is 0. The van der Waals surface area contributed by atoms with Crippen molar-refractivity contribution in [1.82, 2.24) is 0 Å². The molecule has 0 heterocycles. The second kappa shape index (κ2) is 3.35. The van der Waals surface area contributed by atoms with Gasteiger partial charge in [0.15, 0.2) is 0 Å². The maximum Gasteiger partial charge on any atom is 0.447 e. The molecular weight excluding hydrogens is 360 g/mol. The molecule has 0 aromatic rings. The van der Waals surface area contributed by atoms with Crippen LogP contribution in [0.2, 0.25) is 0 Å². The van der Waals surface area contributed by atoms with E-state index in [0.717, 1.165) is 0 Å². The molecule has 0 saturated heterocycles. The van der Waals surface area contributed by atoms with Crippen LogP contribution in [0.4, 0.5) is 30.7 Å². The fourth-order valence-electron chi connectivity index (χ4n) is 0.437. The Morgan fingerprint density at radius 2 is 1.00 bits per heavy atom. The molecule has 0 aromatic carbocycles. The molecule has 0 aliphatic carbocycles. The number of rotatable bonds is 1. The Morgan fingerprint density at radius 3 is 1.00 bits per heavy atom. The van der Waals surface area contributed by atoms with Crippen LogP contribution in [0, 0.1) is 0 Å². The fourth-order valence-corrected chi connectivity index (χ4v) is 2.49. The van der Waals surface area contributed by atoms with Crippen LogP contribution >= 0.6 is 21.2 Å². The summed E-state index contributed by atoms with van der Waals surface area (Å²) in [7, 11) is -6.03. The van der Waals surface area contributed by atoms with E-state index in [2.05, 4.69) is 0 Å². The van der Waals surface area contributed by atoms with E-state index in [1.165, 1.54) is 0 Å². The van der Waals surface area contributed by atoms with Gasteiger partial charge in [0.05, 0.1) is 21.2 Å². The molecule has 0 aliphatic rings. The van der Waals surface area contributed by atoms with E-state index in [1.807, 2.05) is 0 Å². The van der Waals surface area contributed by atoms with Crippen LogP contribution in [-0.4, -0.2) is 25.8 Å². The van der Waals surface area contributed by atoms with Gasteiger partial charge in [-0.25, -0.2) is 12.8 Å². The van der Waals surface area contributed by atoms with Gasteiger partial charge < -0.3 is 0 Å². The highest BCUT2D eigenvalue weighted by Gasteiger charge is 2.80. The lowest BCUT2D eigenvalue weighted by molar-refractivity contribution is -0.304. The lowest BCUT2D eigenvalue weighted by Crippen LogP contribution is -2.56. The van der Waals surface area contributed by atoms with Crippen LogP contribution in [0.25, 0.3) is 0 Å². The minimum absolute atomic E-state index is 0.237. The molecule has 11 heteroatoms. The smallest absolute Gasteiger partial charge is 0.214 e. The van der Waals surface area contributed by atoms with Crippen LogP contribution in [0.15, 0.2) is 0 Å². The van der Waals surface area contributed by atoms with Gasteiger partial charge in [0.25, 0.3) is 7.01 Å². The van der Waals surface area contributed by atoms with Gasteiger partial charge in [0.2, 0.25) is 0 Å². The molecule has 0 radical (unpaired) electrons. The van der Waals surface area contributed by atoms with E-state index in [9.17, 15) is 39.2 Å². The minimum Gasteiger partial charge on any atom is -0.214 e. The van der Waals surface area contributed by atoms with Gasteiger partial charge in [0.1, 0.15) is 0 Å². The summed E-state index contributed by atoms with van der Waals surface area (Å²) in [5.74, 6) is 0. The van der Waals surface area contributed by atoms with E-state index in [-0.39, 0.29) is 21.2 Å². The van der Waals surface area contributed by atoms with Crippen molar-refractivity contribution in [2.45, 2.75) is 17.4 Å². The minimum atomic E-state index is -6.56. The van der Waals surface area contributed by atoms with Crippen molar-refractivity contribution in [2.24, 2.45) is 0 Å². The van der Waals surface area contributed by atoms with Crippen LogP contribution in [-0.2, 0) is 7.01 Å². The highest BCUT2D eigenvalue weighted by Crippen LogP contribution is 2.51. The Labute approximate surface area is 85.0 Å². The molecule has 0 N–H and O–H groups in total. The molecule has 0 amide bonds. The zero-order chi connectivity index (χ0) is 12.0. The lowest BCUT2D eigenvalue weighted by Gasteiger charge is -2.26. The summed E-state index contributed by atoms with van der Waals surface area (Å²) in [4.78, 5) is 0. The molecular formula is C3F7IO2S. The average molecular weight is 360 g/mol. The normalized spacial score (nSPS) is 15.7. The molecule has 14 heavy (non-hydrogen) atoms. The molecule has 0 rings (SSSR count). The Bertz CT molecular complexity index is 299. The average Bonchev–Trinajstić information content (AvgIpc) is 1.77. The zero-order valence-corrected chi connectivity index (χ0v) is 8.72. The number of hydrogen-bond acceptors (Lipinski definition) is 2. The third-order valence-electron chi connectivity index (χ3n) is 1.07. The number of halogens is 8. The summed E-state index contributed by atoms with van der Waals surface area (Å²) < 4.78 is 102. The number of alkyl halides is 7. The third-order valence-corrected chi connectivity index (χ3v) is 4.02. The van der Waals surface area contributed by atoms with Crippen molar-refractivity contribution in [2.75, 3.05) is 0 Å². The van der Waals surface area contributed by atoms with Gasteiger partial charge in [-0.15, -0.1) is 0 Å². The molecule has 0 aliphatic heterocycles. The Balaban J connectivity index is 5.81. The lowest BCUT2D eigenvalue weighted by atomic mass is 10.3. The first-order valence-corrected chi connectivity index (χ1v) is 6.54. The van der Waals surface area contributed by atoms with E-state index in [1.54, 1.807) is 0 Å². The SMILES string of the molecule is O=S(=O)(I)C(F)(C(F)(F)F)C(F)(F)F. The predicted molar refractivity (Wildman–Crippen MR) is 38.9 cm³/mol. The summed E-state index contributed by atoms with van der Waals surface area (Å²) in [6.07, 6.45) is -13.1. The summed E-state index contributed by atoms with van der Waals surface area (Å²) in [5.41, 5.74) is 0. The van der Waals surface area contributed by atoms with Gasteiger partial charge in [-0.2, -0.15) is 26.3 Å². The predicted octanol–water partition coefficient (Wildman–Crippen LogP) is 2.54. The summed E-state index contributed by atoms with van der Waals surface area (Å²) >= 11 is -0.237. The molecule has 0 aromatic heterocycles. The molecule has 0 fully saturated rings. The molecule has 0 atom stereocenters. The second-order valence-electron chi connectivity index (χ2n) is 2.03. The maximum atomic E-state index is 12.5. The maximum absolute atomic E-state index is 12.5. The van der Waals surface area contributed by atoms with E-state index in [4.69, 9.17) is 0 Å². The summed E-state index contributed by atoms with van der Waals surface area (Å²) in [6, 6.07) is 0. The monoisotopic (exact) mass is 360 g/mol. The zero-order valence-electron chi connectivity index (χ0n) is 5.75. The first-order valence-electron chi connectivity index (χ1n) is 2.51. The molecule has 2 nitrogen and oxygen atoms in total. The van der Waals surface area contributed by atoms with Gasteiger partial charge in [-0.1, -0.05) is 0 Å². The Hall–Kier alpha value is 0.190. The highest BCUT2D eigenvalue weighted by molar-refractivity contribution is 14.2. The van der Waals surface area contributed by atoms with Crippen LogP contribution in [0.3, 0.4) is 0 Å². The van der Waals surface area contributed by atoms with Crippen molar-refractivity contribution < 1.29 is 39.2 Å². The first-order chi connectivity index (χ1) is 5.75. The van der Waals surface area contributed by atoms with E-state index in [0.29, 0.717) is 0 Å². The standard InChI is InChI=1S/C3F7IO2S/c4-1(2(5,6)7,3(8,9)10)14(11,12)13. The number of hydrogen-bond donors (Lipinski definition) is 0. The van der Waals surface area contributed by atoms with Gasteiger partial charge in [-0.3, -0.25) is 0 Å². The third kappa shape index (κ3) is 2.06. The van der Waals surface area contributed by atoms with Crippen LogP contribution in [0.5, 0.6) is 0 Å². The largest absolute Gasteiger partial charge is 0.447 e. The van der Waals surface area contributed by atoms with Crippen molar-refractivity contribution in [3.8, 4) is 0 Å². The topological polar surface area (TPSA) is 34.1 Å². The van der Waals surface area contributed by atoms with Crippen molar-refractivity contribution >= 4 is 28.2 Å². The van der Waals surface area contributed by atoms with Gasteiger partial charge in [-0.05, 0) is 0 Å². The Morgan fingerprint density at radius 1 is 0.786 bits per heavy atom. The molecule has 86 valence electrons. The molecule has 0 saturated carbocycles. The Kier molecular flexibility index (Phi) is 3.39. The van der Waals surface area contributed by atoms with E-state index < -0.39 is 24.4 Å². The summed E-state index contributed by atoms with van der Waals surface area (Å²) in [5, 5.41) is -6.23. The molecule has 0 unspecified atom stereocenters. The van der Waals surface area contributed by atoms with E-state index >= 15 is 0 Å². The van der Waals surface area contributed by atoms with Gasteiger partial charge >= 0.3 is 17.4 Å². The van der Waals surface area contributed by atoms with Crippen molar-refractivity contribution in [3.05, 3.63) is 0 Å². The molecule has 0 bridgehead atoms. The van der Waals surface area contributed by atoms with Gasteiger partial charge in [0, 0.05) is 0 Å². The van der Waals surface area contributed by atoms with Crippen molar-refractivity contribution in [1.29, 1.82) is 0 Å². The second-order valence-corrected chi connectivity index (χ2v) is 6.95. The van der Waals surface area contributed by atoms with Crippen molar-refractivity contribution in [3.63, 3.8) is 0 Å². The highest BCUT2D eigenvalue weighted by atomic mass is 127.